The summed E-state index contributed by atoms with van der Waals surface area (Å²) in [5.41, 5.74) is -0.652. The Kier molecular flexibility index (Phi) is 5.10. The zero-order valence-electron chi connectivity index (χ0n) is 10.4. The van der Waals surface area contributed by atoms with Crippen molar-refractivity contribution >= 4 is 23.4 Å². The second kappa shape index (κ2) is 6.15. The Morgan fingerprint density at radius 1 is 1.39 bits per heavy atom. The van der Waals surface area contributed by atoms with E-state index in [0.29, 0.717) is 22.3 Å². The number of alkyl halides is 2. The highest BCUT2D eigenvalue weighted by molar-refractivity contribution is 7.99. The van der Waals surface area contributed by atoms with E-state index >= 15 is 0 Å². The van der Waals surface area contributed by atoms with Gasteiger partial charge in [-0.25, -0.2) is 0 Å². The molecule has 0 spiro atoms. The number of methoxy groups -OCH3 is 1. The van der Waals surface area contributed by atoms with E-state index < -0.39 is 11.4 Å². The van der Waals surface area contributed by atoms with Gasteiger partial charge < -0.3 is 10.1 Å². The summed E-state index contributed by atoms with van der Waals surface area (Å²) in [6, 6.07) is 6.42. The van der Waals surface area contributed by atoms with Gasteiger partial charge in [-0.1, -0.05) is 23.9 Å². The molecule has 6 heteroatoms. The molecule has 1 aromatic rings. The molecule has 0 heterocycles. The number of rotatable bonds is 5. The number of amides is 1. The molecule has 0 aliphatic rings. The molecule has 0 saturated carbocycles. The van der Waals surface area contributed by atoms with E-state index in [1.165, 1.54) is 13.2 Å². The van der Waals surface area contributed by atoms with E-state index in [9.17, 15) is 13.6 Å². The third kappa shape index (κ3) is 3.96. The van der Waals surface area contributed by atoms with Gasteiger partial charge >= 0.3 is 0 Å². The van der Waals surface area contributed by atoms with Crippen LogP contribution in [0.3, 0.4) is 0 Å². The average molecular weight is 275 g/mol. The van der Waals surface area contributed by atoms with Crippen LogP contribution in [0.4, 0.5) is 14.5 Å². The molecule has 0 aliphatic carbocycles. The molecule has 0 aromatic heterocycles. The molecule has 3 nitrogen and oxygen atoms in total. The summed E-state index contributed by atoms with van der Waals surface area (Å²) in [4.78, 5) is 12.2. The van der Waals surface area contributed by atoms with Gasteiger partial charge in [0.15, 0.2) is 0 Å². The number of carbonyl (C=O) groups is 1. The van der Waals surface area contributed by atoms with Crippen molar-refractivity contribution < 1.29 is 18.3 Å². The van der Waals surface area contributed by atoms with Crippen molar-refractivity contribution in [1.29, 1.82) is 0 Å². The van der Waals surface area contributed by atoms with E-state index in [0.717, 1.165) is 0 Å². The van der Waals surface area contributed by atoms with E-state index in [2.05, 4.69) is 5.32 Å². The van der Waals surface area contributed by atoms with Crippen LogP contribution in [0.1, 0.15) is 13.8 Å². The molecular weight excluding hydrogens is 260 g/mol. The minimum Gasteiger partial charge on any atom is -0.369 e. The maximum absolute atomic E-state index is 12.4. The molecule has 0 bridgehead atoms. The normalized spacial score (nSPS) is 11.7. The van der Waals surface area contributed by atoms with Gasteiger partial charge in [0.25, 0.3) is 11.7 Å². The number of benzene rings is 1. The highest BCUT2D eigenvalue weighted by atomic mass is 32.2. The number of para-hydroxylation sites is 1. The first-order valence-electron chi connectivity index (χ1n) is 5.27. The van der Waals surface area contributed by atoms with E-state index in [4.69, 9.17) is 4.74 Å². The van der Waals surface area contributed by atoms with Gasteiger partial charge in [-0.3, -0.25) is 4.79 Å². The molecule has 1 aromatic carbocycles. The lowest BCUT2D eigenvalue weighted by Crippen LogP contribution is -2.38. The van der Waals surface area contributed by atoms with Crippen LogP contribution >= 0.6 is 11.8 Å². The van der Waals surface area contributed by atoms with Gasteiger partial charge in [0.1, 0.15) is 5.60 Å². The van der Waals surface area contributed by atoms with Gasteiger partial charge in [-0.15, -0.1) is 0 Å². The minimum absolute atomic E-state index is 0.327. The standard InChI is InChI=1S/C12H15F2NO2S/c1-12(2,17-3)10(16)15-8-6-4-5-7-9(8)18-11(13)14/h4-7,11H,1-3H3,(H,15,16). The molecule has 100 valence electrons. The molecule has 0 unspecified atom stereocenters. The highest BCUT2D eigenvalue weighted by Gasteiger charge is 2.27. The molecule has 0 atom stereocenters. The van der Waals surface area contributed by atoms with Crippen molar-refractivity contribution in [2.75, 3.05) is 12.4 Å². The number of thioether (sulfide) groups is 1. The van der Waals surface area contributed by atoms with Gasteiger partial charge in [-0.05, 0) is 26.0 Å². The maximum atomic E-state index is 12.4. The lowest BCUT2D eigenvalue weighted by atomic mass is 10.1. The Morgan fingerprint density at radius 3 is 2.56 bits per heavy atom. The third-order valence-electron chi connectivity index (χ3n) is 2.41. The number of anilines is 1. The Hall–Kier alpha value is -1.14. The van der Waals surface area contributed by atoms with Gasteiger partial charge in [0.05, 0.1) is 5.69 Å². The van der Waals surface area contributed by atoms with Crippen LogP contribution in [0.15, 0.2) is 29.2 Å². The number of halogens is 2. The molecule has 18 heavy (non-hydrogen) atoms. The van der Waals surface area contributed by atoms with Crippen molar-refractivity contribution in [2.24, 2.45) is 0 Å². The number of carbonyl (C=O) groups excluding carboxylic acids is 1. The minimum atomic E-state index is -2.53. The predicted molar refractivity (Wildman–Crippen MR) is 68.0 cm³/mol. The first kappa shape index (κ1) is 14.9. The summed E-state index contributed by atoms with van der Waals surface area (Å²) in [6.07, 6.45) is 0. The van der Waals surface area contributed by atoms with E-state index in [1.54, 1.807) is 32.0 Å². The van der Waals surface area contributed by atoms with E-state index in [-0.39, 0.29) is 5.91 Å². The molecule has 1 amide bonds. The smallest absolute Gasteiger partial charge is 0.288 e. The fourth-order valence-corrected chi connectivity index (χ4v) is 1.73. The SMILES string of the molecule is COC(C)(C)C(=O)Nc1ccccc1SC(F)F. The number of hydrogen-bond donors (Lipinski definition) is 1. The van der Waals surface area contributed by atoms with Crippen molar-refractivity contribution in [1.82, 2.24) is 0 Å². The summed E-state index contributed by atoms with van der Waals surface area (Å²) in [5, 5.41) is 2.59. The van der Waals surface area contributed by atoms with Gasteiger partial charge in [-0.2, -0.15) is 8.78 Å². The second-order valence-corrected chi connectivity index (χ2v) is 5.08. The Bertz CT molecular complexity index is 424. The monoisotopic (exact) mass is 275 g/mol. The van der Waals surface area contributed by atoms with Crippen molar-refractivity contribution in [3.05, 3.63) is 24.3 Å². The van der Waals surface area contributed by atoms with Crippen LogP contribution in [0.25, 0.3) is 0 Å². The van der Waals surface area contributed by atoms with Crippen LogP contribution in [-0.2, 0) is 9.53 Å². The predicted octanol–water partition coefficient (Wildman–Crippen LogP) is 3.36. The zero-order valence-corrected chi connectivity index (χ0v) is 11.2. The Labute approximate surface area is 109 Å². The Morgan fingerprint density at radius 2 is 2.00 bits per heavy atom. The summed E-state index contributed by atoms with van der Waals surface area (Å²) in [7, 11) is 1.42. The van der Waals surface area contributed by atoms with Crippen LogP contribution in [0.5, 0.6) is 0 Å². The second-order valence-electron chi connectivity index (χ2n) is 4.04. The van der Waals surface area contributed by atoms with Gasteiger partial charge in [0, 0.05) is 12.0 Å². The average Bonchev–Trinajstić information content (AvgIpc) is 2.31. The summed E-state index contributed by atoms with van der Waals surface area (Å²) < 4.78 is 29.8. The van der Waals surface area contributed by atoms with Crippen molar-refractivity contribution in [2.45, 2.75) is 30.1 Å². The number of hydrogen-bond acceptors (Lipinski definition) is 3. The zero-order chi connectivity index (χ0) is 13.8. The molecular formula is C12H15F2NO2S. The fourth-order valence-electron chi connectivity index (χ4n) is 1.13. The number of ether oxygens (including phenoxy) is 1. The molecule has 0 aliphatic heterocycles. The summed E-state index contributed by atoms with van der Waals surface area (Å²) >= 11 is 0.396. The molecule has 0 radical (unpaired) electrons. The number of nitrogens with one attached hydrogen (secondary N) is 1. The van der Waals surface area contributed by atoms with Crippen LogP contribution in [0.2, 0.25) is 0 Å². The summed E-state index contributed by atoms with van der Waals surface area (Å²) in [6.45, 7) is 3.20. The van der Waals surface area contributed by atoms with E-state index in [1.807, 2.05) is 0 Å². The summed E-state index contributed by atoms with van der Waals surface area (Å²) in [5.74, 6) is -2.91. The molecule has 1 rings (SSSR count). The first-order chi connectivity index (χ1) is 8.36. The topological polar surface area (TPSA) is 38.3 Å². The first-order valence-corrected chi connectivity index (χ1v) is 6.15. The molecule has 0 fully saturated rings. The molecule has 0 saturated heterocycles. The van der Waals surface area contributed by atoms with Crippen molar-refractivity contribution in [3.8, 4) is 0 Å². The van der Waals surface area contributed by atoms with Crippen LogP contribution in [0, 0.1) is 0 Å². The lowest BCUT2D eigenvalue weighted by molar-refractivity contribution is -0.133. The van der Waals surface area contributed by atoms with Crippen molar-refractivity contribution in [3.63, 3.8) is 0 Å². The van der Waals surface area contributed by atoms with Gasteiger partial charge in [0.2, 0.25) is 0 Å². The largest absolute Gasteiger partial charge is 0.369 e. The fraction of sp³-hybridized carbons (Fsp3) is 0.417. The highest BCUT2D eigenvalue weighted by Crippen LogP contribution is 2.32. The maximum Gasteiger partial charge on any atom is 0.288 e. The third-order valence-corrected chi connectivity index (χ3v) is 3.20. The Balaban J connectivity index is 2.87. The molecule has 1 N–H and O–H groups in total. The van der Waals surface area contributed by atoms with Crippen LogP contribution in [-0.4, -0.2) is 24.4 Å². The van der Waals surface area contributed by atoms with Crippen LogP contribution < -0.4 is 5.32 Å². The quantitative estimate of drug-likeness (QED) is 0.837. The lowest BCUT2D eigenvalue weighted by Gasteiger charge is -2.22.